The largest absolute Gasteiger partial charge is 0.494 e. The summed E-state index contributed by atoms with van der Waals surface area (Å²) in [6, 6.07) is 17.4. The second-order valence-electron chi connectivity index (χ2n) is 6.56. The summed E-state index contributed by atoms with van der Waals surface area (Å²) in [5.74, 6) is 1.79. The minimum absolute atomic E-state index is 0.780. The van der Waals surface area contributed by atoms with Crippen LogP contribution in [0.4, 0.5) is 0 Å². The fourth-order valence-electron chi connectivity index (χ4n) is 3.07. The summed E-state index contributed by atoms with van der Waals surface area (Å²) in [5.41, 5.74) is 5.40. The normalized spacial score (nSPS) is 17.7. The quantitative estimate of drug-likeness (QED) is 0.625. The van der Waals surface area contributed by atoms with Crippen LogP contribution in [0.2, 0.25) is 0 Å². The Labute approximate surface area is 140 Å². The van der Waals surface area contributed by atoms with Crippen molar-refractivity contribution >= 4 is 5.57 Å². The first kappa shape index (κ1) is 15.9. The maximum Gasteiger partial charge on any atom is 0.119 e. The molecule has 0 aliphatic heterocycles. The van der Waals surface area contributed by atoms with Crippen LogP contribution in [0.1, 0.15) is 45.1 Å². The van der Waals surface area contributed by atoms with Crippen LogP contribution >= 0.6 is 0 Å². The molecule has 3 rings (SSSR count). The second-order valence-corrected chi connectivity index (χ2v) is 6.56. The number of hydrogen-bond donors (Lipinski definition) is 0. The molecule has 0 fully saturated rings. The summed E-state index contributed by atoms with van der Waals surface area (Å²) >= 11 is 0. The van der Waals surface area contributed by atoms with Gasteiger partial charge in [-0.1, -0.05) is 56.3 Å². The Balaban J connectivity index is 1.72. The highest BCUT2D eigenvalue weighted by atomic mass is 16.5. The number of rotatable bonds is 5. The minimum Gasteiger partial charge on any atom is -0.494 e. The third kappa shape index (κ3) is 4.04. The molecule has 0 saturated heterocycles. The summed E-state index contributed by atoms with van der Waals surface area (Å²) < 4.78 is 5.65. The molecule has 0 radical (unpaired) electrons. The van der Waals surface area contributed by atoms with E-state index in [0.29, 0.717) is 0 Å². The molecule has 1 heteroatoms. The van der Waals surface area contributed by atoms with Gasteiger partial charge in [-0.25, -0.2) is 0 Å². The Morgan fingerprint density at radius 2 is 1.52 bits per heavy atom. The highest BCUT2D eigenvalue weighted by molar-refractivity contribution is 5.71. The van der Waals surface area contributed by atoms with E-state index < -0.39 is 0 Å². The van der Waals surface area contributed by atoms with Crippen molar-refractivity contribution in [3.63, 3.8) is 0 Å². The number of ether oxygens (including phenoxy) is 1. The van der Waals surface area contributed by atoms with Gasteiger partial charge in [0.05, 0.1) is 6.61 Å². The Kier molecular flexibility index (Phi) is 5.17. The highest BCUT2D eigenvalue weighted by Gasteiger charge is 2.11. The zero-order valence-corrected chi connectivity index (χ0v) is 14.2. The van der Waals surface area contributed by atoms with Gasteiger partial charge in [0, 0.05) is 0 Å². The van der Waals surface area contributed by atoms with Crippen LogP contribution in [0, 0.1) is 5.92 Å². The molecule has 1 nitrogen and oxygen atoms in total. The predicted molar refractivity (Wildman–Crippen MR) is 98.7 cm³/mol. The molecule has 0 N–H and O–H groups in total. The van der Waals surface area contributed by atoms with Crippen molar-refractivity contribution in [1.82, 2.24) is 0 Å². The molecule has 1 atom stereocenters. The molecule has 0 bridgehead atoms. The van der Waals surface area contributed by atoms with E-state index in [2.05, 4.69) is 68.5 Å². The first-order chi connectivity index (χ1) is 11.3. The van der Waals surface area contributed by atoms with Gasteiger partial charge < -0.3 is 4.74 Å². The molecule has 1 aliphatic rings. The van der Waals surface area contributed by atoms with Gasteiger partial charge in [0.15, 0.2) is 0 Å². The van der Waals surface area contributed by atoms with E-state index in [0.717, 1.165) is 24.7 Å². The molecule has 1 unspecified atom stereocenters. The molecule has 1 aliphatic carbocycles. The third-order valence-corrected chi connectivity index (χ3v) is 4.59. The lowest BCUT2D eigenvalue weighted by atomic mass is 9.87. The van der Waals surface area contributed by atoms with Crippen LogP contribution in [0.3, 0.4) is 0 Å². The van der Waals surface area contributed by atoms with Gasteiger partial charge >= 0.3 is 0 Å². The molecular weight excluding hydrogens is 280 g/mol. The monoisotopic (exact) mass is 306 g/mol. The summed E-state index contributed by atoms with van der Waals surface area (Å²) in [4.78, 5) is 0. The molecular formula is C22H26O. The fourth-order valence-corrected chi connectivity index (χ4v) is 3.07. The first-order valence-corrected chi connectivity index (χ1v) is 8.79. The number of hydrogen-bond acceptors (Lipinski definition) is 1. The van der Waals surface area contributed by atoms with Gasteiger partial charge in [-0.2, -0.15) is 0 Å². The molecule has 2 aromatic carbocycles. The van der Waals surface area contributed by atoms with Gasteiger partial charge in [-0.15, -0.1) is 0 Å². The maximum absolute atomic E-state index is 5.65. The van der Waals surface area contributed by atoms with E-state index in [-0.39, 0.29) is 0 Å². The van der Waals surface area contributed by atoms with Gasteiger partial charge in [0.2, 0.25) is 0 Å². The van der Waals surface area contributed by atoms with Gasteiger partial charge in [0.25, 0.3) is 0 Å². The SMILES string of the molecule is CCCOc1ccc(-c2ccc(C3=CCC(C)CC3)cc2)cc1. The lowest BCUT2D eigenvalue weighted by Gasteiger charge is -2.18. The van der Waals surface area contributed by atoms with Crippen LogP contribution in [0.15, 0.2) is 54.6 Å². The van der Waals surface area contributed by atoms with E-state index in [1.54, 1.807) is 0 Å². The van der Waals surface area contributed by atoms with Crippen LogP contribution in [0.5, 0.6) is 5.75 Å². The average Bonchev–Trinajstić information content (AvgIpc) is 2.61. The van der Waals surface area contributed by atoms with E-state index in [1.165, 1.54) is 41.5 Å². The average molecular weight is 306 g/mol. The molecule has 0 spiro atoms. The van der Waals surface area contributed by atoms with Crippen molar-refractivity contribution in [2.75, 3.05) is 6.61 Å². The highest BCUT2D eigenvalue weighted by Crippen LogP contribution is 2.31. The van der Waals surface area contributed by atoms with Crippen LogP contribution < -0.4 is 4.74 Å². The zero-order valence-electron chi connectivity index (χ0n) is 14.2. The molecule has 0 saturated carbocycles. The molecule has 0 heterocycles. The maximum atomic E-state index is 5.65. The molecule has 2 aromatic rings. The van der Waals surface area contributed by atoms with Gasteiger partial charge in [0.1, 0.15) is 5.75 Å². The molecule has 0 aromatic heterocycles. The molecule has 120 valence electrons. The van der Waals surface area contributed by atoms with E-state index in [1.807, 2.05) is 0 Å². The minimum atomic E-state index is 0.780. The second kappa shape index (κ2) is 7.50. The Bertz CT molecular complexity index is 649. The van der Waals surface area contributed by atoms with Crippen molar-refractivity contribution in [3.8, 4) is 16.9 Å². The Morgan fingerprint density at radius 1 is 0.913 bits per heavy atom. The van der Waals surface area contributed by atoms with Crippen LogP contribution in [-0.4, -0.2) is 6.61 Å². The van der Waals surface area contributed by atoms with Gasteiger partial charge in [-0.05, 0) is 66.0 Å². The van der Waals surface area contributed by atoms with Crippen molar-refractivity contribution in [1.29, 1.82) is 0 Å². The summed E-state index contributed by atoms with van der Waals surface area (Å²) in [5, 5.41) is 0. The van der Waals surface area contributed by atoms with Crippen molar-refractivity contribution < 1.29 is 4.74 Å². The summed E-state index contributed by atoms with van der Waals surface area (Å²) in [6.07, 6.45) is 7.20. The smallest absolute Gasteiger partial charge is 0.119 e. The number of benzene rings is 2. The summed E-state index contributed by atoms with van der Waals surface area (Å²) in [7, 11) is 0. The predicted octanol–water partition coefficient (Wildman–Crippen LogP) is 6.35. The Morgan fingerprint density at radius 3 is 2.09 bits per heavy atom. The van der Waals surface area contributed by atoms with E-state index >= 15 is 0 Å². The molecule has 0 amide bonds. The van der Waals surface area contributed by atoms with E-state index in [4.69, 9.17) is 4.74 Å². The van der Waals surface area contributed by atoms with Crippen molar-refractivity contribution in [3.05, 3.63) is 60.2 Å². The molecule has 23 heavy (non-hydrogen) atoms. The van der Waals surface area contributed by atoms with Crippen LogP contribution in [0.25, 0.3) is 16.7 Å². The lowest BCUT2D eigenvalue weighted by Crippen LogP contribution is -2.00. The van der Waals surface area contributed by atoms with Crippen LogP contribution in [-0.2, 0) is 0 Å². The first-order valence-electron chi connectivity index (χ1n) is 8.79. The van der Waals surface area contributed by atoms with E-state index in [9.17, 15) is 0 Å². The Hall–Kier alpha value is -2.02. The zero-order chi connectivity index (χ0) is 16.1. The summed E-state index contributed by atoms with van der Waals surface area (Å²) in [6.45, 7) is 5.24. The van der Waals surface area contributed by atoms with Gasteiger partial charge in [-0.3, -0.25) is 0 Å². The third-order valence-electron chi connectivity index (χ3n) is 4.59. The standard InChI is InChI=1S/C22H26O/c1-3-16-23-22-14-12-21(13-15-22)20-10-8-19(9-11-20)18-6-4-17(2)5-7-18/h6,8-15,17H,3-5,7,16H2,1-2H3. The van der Waals surface area contributed by atoms with Crippen molar-refractivity contribution in [2.24, 2.45) is 5.92 Å². The lowest BCUT2D eigenvalue weighted by molar-refractivity contribution is 0.317. The topological polar surface area (TPSA) is 9.23 Å². The number of allylic oxidation sites excluding steroid dienone is 2. The van der Waals surface area contributed by atoms with Crippen molar-refractivity contribution in [2.45, 2.75) is 39.5 Å². The fraction of sp³-hybridized carbons (Fsp3) is 0.364.